The fraction of sp³-hybridized carbons (Fsp3) is 0.333. The molecule has 0 radical (unpaired) electrons. The van der Waals surface area contributed by atoms with Gasteiger partial charge in [-0.15, -0.1) is 0 Å². The molecule has 0 nitrogen and oxygen atoms in total. The summed E-state index contributed by atoms with van der Waals surface area (Å²) in [6.07, 6.45) is 3.43. The molecule has 0 spiro atoms. The average molecular weight is 316 g/mol. The standard InChI is InChI=1S/C24H28/c1-18-16-17-22(19(18)2)24(23(3,4)5,20-12-8-6-9-13-20)21-14-10-7-11-15-21/h6-16H,17H2,1-5H3. The number of allylic oxidation sites excluding steroid dienone is 4. The summed E-state index contributed by atoms with van der Waals surface area (Å²) < 4.78 is 0. The minimum Gasteiger partial charge on any atom is -0.0772 e. The van der Waals surface area contributed by atoms with Crippen LogP contribution in [0.3, 0.4) is 0 Å². The topological polar surface area (TPSA) is 0 Å². The first kappa shape index (κ1) is 16.8. The lowest BCUT2D eigenvalue weighted by Crippen LogP contribution is -2.43. The van der Waals surface area contributed by atoms with Gasteiger partial charge in [0, 0.05) is 5.41 Å². The van der Waals surface area contributed by atoms with Gasteiger partial charge in [0.05, 0.1) is 0 Å². The molecule has 0 fully saturated rings. The molecule has 3 rings (SSSR count). The van der Waals surface area contributed by atoms with Gasteiger partial charge in [0.25, 0.3) is 0 Å². The minimum atomic E-state index is -0.117. The monoisotopic (exact) mass is 316 g/mol. The van der Waals surface area contributed by atoms with Crippen molar-refractivity contribution in [1.29, 1.82) is 0 Å². The maximum Gasteiger partial charge on any atom is 0.0468 e. The van der Waals surface area contributed by atoms with Crippen LogP contribution in [0, 0.1) is 5.41 Å². The molecule has 0 aliphatic heterocycles. The zero-order chi connectivity index (χ0) is 17.4. The highest BCUT2D eigenvalue weighted by Crippen LogP contribution is 2.55. The molecule has 0 unspecified atom stereocenters. The molecule has 0 amide bonds. The summed E-state index contributed by atoms with van der Waals surface area (Å²) in [6.45, 7) is 11.7. The highest BCUT2D eigenvalue weighted by atomic mass is 14.5. The molecule has 0 heterocycles. The summed E-state index contributed by atoms with van der Waals surface area (Å²) in [7, 11) is 0. The van der Waals surface area contributed by atoms with Gasteiger partial charge in [-0.1, -0.05) is 93.1 Å². The Kier molecular flexibility index (Phi) is 4.25. The average Bonchev–Trinajstić information content (AvgIpc) is 2.89. The van der Waals surface area contributed by atoms with Crippen molar-refractivity contribution in [3.8, 4) is 0 Å². The van der Waals surface area contributed by atoms with E-state index in [2.05, 4.69) is 101 Å². The van der Waals surface area contributed by atoms with Crippen LogP contribution in [0.2, 0.25) is 0 Å². The highest BCUT2D eigenvalue weighted by Gasteiger charge is 2.48. The summed E-state index contributed by atoms with van der Waals surface area (Å²) in [6, 6.07) is 22.1. The van der Waals surface area contributed by atoms with Crippen LogP contribution in [0.15, 0.2) is 83.5 Å². The first-order valence-corrected chi connectivity index (χ1v) is 8.87. The second-order valence-corrected chi connectivity index (χ2v) is 7.93. The molecule has 2 aromatic rings. The van der Waals surface area contributed by atoms with Crippen LogP contribution in [-0.2, 0) is 5.41 Å². The second-order valence-electron chi connectivity index (χ2n) is 7.93. The number of hydrogen-bond donors (Lipinski definition) is 0. The van der Waals surface area contributed by atoms with E-state index in [-0.39, 0.29) is 10.8 Å². The Hall–Kier alpha value is -2.08. The lowest BCUT2D eigenvalue weighted by molar-refractivity contribution is 0.263. The van der Waals surface area contributed by atoms with Crippen molar-refractivity contribution >= 4 is 0 Å². The van der Waals surface area contributed by atoms with Gasteiger partial charge in [-0.3, -0.25) is 0 Å². The van der Waals surface area contributed by atoms with Gasteiger partial charge in [-0.2, -0.15) is 0 Å². The Labute approximate surface area is 146 Å². The zero-order valence-electron chi connectivity index (χ0n) is 15.6. The molecule has 0 N–H and O–H groups in total. The van der Waals surface area contributed by atoms with E-state index in [0.29, 0.717) is 0 Å². The summed E-state index contributed by atoms with van der Waals surface area (Å²) in [4.78, 5) is 0. The first-order valence-electron chi connectivity index (χ1n) is 8.87. The molecule has 124 valence electrons. The van der Waals surface area contributed by atoms with Crippen LogP contribution in [-0.4, -0.2) is 0 Å². The molecule has 1 aliphatic carbocycles. The van der Waals surface area contributed by atoms with E-state index >= 15 is 0 Å². The van der Waals surface area contributed by atoms with E-state index in [4.69, 9.17) is 0 Å². The van der Waals surface area contributed by atoms with Crippen LogP contribution < -0.4 is 0 Å². The lowest BCUT2D eigenvalue weighted by atomic mass is 9.54. The van der Waals surface area contributed by atoms with E-state index in [1.54, 1.807) is 5.57 Å². The normalized spacial score (nSPS) is 15.6. The smallest absolute Gasteiger partial charge is 0.0468 e. The predicted molar refractivity (Wildman–Crippen MR) is 104 cm³/mol. The van der Waals surface area contributed by atoms with Gasteiger partial charge in [0.1, 0.15) is 0 Å². The van der Waals surface area contributed by atoms with Crippen molar-refractivity contribution in [1.82, 2.24) is 0 Å². The van der Waals surface area contributed by atoms with Crippen molar-refractivity contribution in [2.75, 3.05) is 0 Å². The van der Waals surface area contributed by atoms with E-state index < -0.39 is 0 Å². The van der Waals surface area contributed by atoms with Crippen molar-refractivity contribution in [3.05, 3.63) is 94.6 Å². The largest absolute Gasteiger partial charge is 0.0772 e. The third kappa shape index (κ3) is 2.45. The predicted octanol–water partition coefficient (Wildman–Crippen LogP) is 6.69. The van der Waals surface area contributed by atoms with Crippen LogP contribution in [0.5, 0.6) is 0 Å². The van der Waals surface area contributed by atoms with Crippen molar-refractivity contribution in [2.45, 2.75) is 46.5 Å². The molecule has 1 aliphatic rings. The van der Waals surface area contributed by atoms with Crippen molar-refractivity contribution in [2.24, 2.45) is 5.41 Å². The quantitative estimate of drug-likeness (QED) is 0.592. The Balaban J connectivity index is 2.40. The lowest BCUT2D eigenvalue weighted by Gasteiger charge is -2.48. The summed E-state index contributed by atoms with van der Waals surface area (Å²) >= 11 is 0. The molecule has 0 bridgehead atoms. The van der Waals surface area contributed by atoms with Crippen LogP contribution in [0.1, 0.15) is 52.2 Å². The first-order chi connectivity index (χ1) is 11.4. The van der Waals surface area contributed by atoms with Gasteiger partial charge in [-0.25, -0.2) is 0 Å². The molecule has 0 saturated carbocycles. The van der Waals surface area contributed by atoms with E-state index in [1.807, 2.05) is 0 Å². The maximum atomic E-state index is 2.39. The van der Waals surface area contributed by atoms with E-state index in [9.17, 15) is 0 Å². The Morgan fingerprint density at radius 1 is 0.708 bits per heavy atom. The van der Waals surface area contributed by atoms with Crippen LogP contribution >= 0.6 is 0 Å². The van der Waals surface area contributed by atoms with E-state index in [0.717, 1.165) is 6.42 Å². The fourth-order valence-corrected chi connectivity index (χ4v) is 4.44. The van der Waals surface area contributed by atoms with Crippen LogP contribution in [0.4, 0.5) is 0 Å². The number of rotatable bonds is 3. The third-order valence-corrected chi connectivity index (χ3v) is 5.65. The van der Waals surface area contributed by atoms with Gasteiger partial charge in [0.2, 0.25) is 0 Å². The molecule has 0 heteroatoms. The molecular formula is C24H28. The maximum absolute atomic E-state index is 2.39. The molecule has 0 saturated heterocycles. The molecule has 2 aromatic carbocycles. The number of hydrogen-bond acceptors (Lipinski definition) is 0. The third-order valence-electron chi connectivity index (χ3n) is 5.65. The van der Waals surface area contributed by atoms with Crippen LogP contribution in [0.25, 0.3) is 0 Å². The molecule has 24 heavy (non-hydrogen) atoms. The summed E-state index contributed by atoms with van der Waals surface area (Å²) in [5.41, 5.74) is 7.15. The second kappa shape index (κ2) is 6.09. The SMILES string of the molecule is CC1=CCC(C(c2ccccc2)(c2ccccc2)C(C)(C)C)=C1C. The number of benzene rings is 2. The Morgan fingerprint density at radius 3 is 1.50 bits per heavy atom. The van der Waals surface area contributed by atoms with Crippen molar-refractivity contribution in [3.63, 3.8) is 0 Å². The molecular weight excluding hydrogens is 288 g/mol. The fourth-order valence-electron chi connectivity index (χ4n) is 4.44. The minimum absolute atomic E-state index is 0.0603. The van der Waals surface area contributed by atoms with Gasteiger partial charge < -0.3 is 0 Å². The Bertz CT molecular complexity index is 728. The molecule has 0 atom stereocenters. The highest BCUT2D eigenvalue weighted by molar-refractivity contribution is 5.57. The summed E-state index contributed by atoms with van der Waals surface area (Å²) in [5.74, 6) is 0. The zero-order valence-corrected chi connectivity index (χ0v) is 15.6. The summed E-state index contributed by atoms with van der Waals surface area (Å²) in [5, 5.41) is 0. The van der Waals surface area contributed by atoms with Gasteiger partial charge >= 0.3 is 0 Å². The van der Waals surface area contributed by atoms with Crippen molar-refractivity contribution < 1.29 is 0 Å². The van der Waals surface area contributed by atoms with E-state index in [1.165, 1.54) is 22.3 Å². The molecule has 0 aromatic heterocycles. The van der Waals surface area contributed by atoms with Gasteiger partial charge in [0.15, 0.2) is 0 Å². The Morgan fingerprint density at radius 2 is 1.17 bits per heavy atom. The van der Waals surface area contributed by atoms with Gasteiger partial charge in [-0.05, 0) is 48.0 Å².